The predicted molar refractivity (Wildman–Crippen MR) is 84.9 cm³/mol. The first-order valence-electron chi connectivity index (χ1n) is 7.24. The fourth-order valence-corrected chi connectivity index (χ4v) is 2.17. The lowest BCUT2D eigenvalue weighted by molar-refractivity contribution is 0.468. The maximum Gasteiger partial charge on any atom is 0.0408 e. The molecule has 0 amide bonds. The maximum atomic E-state index is 3.73. The second-order valence-electron chi connectivity index (χ2n) is 5.29. The van der Waals surface area contributed by atoms with Crippen LogP contribution in [-0.4, -0.2) is 24.5 Å². The number of rotatable bonds is 8. The van der Waals surface area contributed by atoms with Crippen molar-refractivity contribution in [3.8, 4) is 0 Å². The highest BCUT2D eigenvalue weighted by Gasteiger charge is 2.09. The first-order valence-corrected chi connectivity index (χ1v) is 7.24. The highest BCUT2D eigenvalue weighted by atomic mass is 15.1. The Balaban J connectivity index is 2.37. The van der Waals surface area contributed by atoms with Crippen LogP contribution in [0.15, 0.2) is 47.9 Å². The van der Waals surface area contributed by atoms with Crippen molar-refractivity contribution in [3.63, 3.8) is 0 Å². The van der Waals surface area contributed by atoms with Crippen molar-refractivity contribution < 1.29 is 0 Å². The van der Waals surface area contributed by atoms with Crippen LogP contribution < -0.4 is 5.32 Å². The average molecular weight is 260 g/mol. The lowest BCUT2D eigenvalue weighted by Crippen LogP contribution is -2.22. The van der Waals surface area contributed by atoms with E-state index in [1.54, 1.807) is 0 Å². The van der Waals surface area contributed by atoms with E-state index >= 15 is 0 Å². The molecule has 0 aliphatic carbocycles. The number of nitrogens with one attached hydrogen (secondary N) is 1. The molecule has 0 unspecified atom stereocenters. The topological polar surface area (TPSA) is 15.3 Å². The highest BCUT2D eigenvalue weighted by Crippen LogP contribution is 2.19. The van der Waals surface area contributed by atoms with E-state index in [0.717, 1.165) is 32.5 Å². The molecule has 0 radical (unpaired) electrons. The van der Waals surface area contributed by atoms with E-state index in [1.807, 2.05) is 6.08 Å². The van der Waals surface area contributed by atoms with E-state index < -0.39 is 0 Å². The van der Waals surface area contributed by atoms with Crippen LogP contribution in [0.5, 0.6) is 0 Å². The largest absolute Gasteiger partial charge is 0.348 e. The quantitative estimate of drug-likeness (QED) is 0.524. The number of allylic oxidation sites excluding steroid dienone is 4. The summed E-state index contributed by atoms with van der Waals surface area (Å²) in [5.74, 6) is 0. The van der Waals surface area contributed by atoms with Gasteiger partial charge in [0.25, 0.3) is 0 Å². The van der Waals surface area contributed by atoms with Crippen molar-refractivity contribution in [1.82, 2.24) is 10.2 Å². The first kappa shape index (κ1) is 15.8. The van der Waals surface area contributed by atoms with Crippen LogP contribution in [0.1, 0.15) is 40.0 Å². The van der Waals surface area contributed by atoms with Gasteiger partial charge in [-0.1, -0.05) is 23.3 Å². The molecule has 0 aromatic carbocycles. The normalized spacial score (nSPS) is 14.3. The van der Waals surface area contributed by atoms with Gasteiger partial charge in [-0.05, 0) is 59.2 Å². The Kier molecular flexibility index (Phi) is 7.27. The van der Waals surface area contributed by atoms with Gasteiger partial charge in [-0.2, -0.15) is 0 Å². The third-order valence-corrected chi connectivity index (χ3v) is 3.34. The van der Waals surface area contributed by atoms with Crippen molar-refractivity contribution in [2.45, 2.75) is 40.0 Å². The van der Waals surface area contributed by atoms with E-state index in [4.69, 9.17) is 0 Å². The molecule has 1 aliphatic heterocycles. The van der Waals surface area contributed by atoms with E-state index in [2.05, 4.69) is 55.9 Å². The summed E-state index contributed by atoms with van der Waals surface area (Å²) in [6, 6.07) is 0. The summed E-state index contributed by atoms with van der Waals surface area (Å²) in [4.78, 5) is 2.37. The third-order valence-electron chi connectivity index (χ3n) is 3.34. The molecule has 19 heavy (non-hydrogen) atoms. The predicted octanol–water partition coefficient (Wildman–Crippen LogP) is 4.00. The smallest absolute Gasteiger partial charge is 0.0408 e. The molecule has 1 rings (SSSR count). The van der Waals surface area contributed by atoms with E-state index in [0.29, 0.717) is 0 Å². The van der Waals surface area contributed by atoms with Gasteiger partial charge in [-0.15, -0.1) is 6.58 Å². The second-order valence-corrected chi connectivity index (χ2v) is 5.29. The fourth-order valence-electron chi connectivity index (χ4n) is 2.17. The Morgan fingerprint density at radius 3 is 2.79 bits per heavy atom. The molecule has 0 atom stereocenters. The van der Waals surface area contributed by atoms with Crippen molar-refractivity contribution in [2.24, 2.45) is 0 Å². The molecule has 0 fully saturated rings. The van der Waals surface area contributed by atoms with Gasteiger partial charge in [0, 0.05) is 18.4 Å². The van der Waals surface area contributed by atoms with Crippen molar-refractivity contribution >= 4 is 0 Å². The molecule has 2 heteroatoms. The number of nitrogens with zero attached hydrogens (tertiary/aromatic N) is 1. The molecule has 1 aliphatic rings. The lowest BCUT2D eigenvalue weighted by atomic mass is 10.1. The lowest BCUT2D eigenvalue weighted by Gasteiger charge is -2.26. The summed E-state index contributed by atoms with van der Waals surface area (Å²) in [7, 11) is 0. The molecule has 0 saturated heterocycles. The zero-order valence-electron chi connectivity index (χ0n) is 12.7. The Labute approximate surface area is 118 Å². The maximum absolute atomic E-state index is 3.73. The molecule has 0 saturated carbocycles. The zero-order chi connectivity index (χ0) is 14.1. The SMILES string of the molecule is C=CCCNCCCC(=C(C)C)N1C=CC(C)=CC1. The summed E-state index contributed by atoms with van der Waals surface area (Å²) in [5.41, 5.74) is 4.24. The molecule has 0 spiro atoms. The molecular weight excluding hydrogens is 232 g/mol. The zero-order valence-corrected chi connectivity index (χ0v) is 12.7. The summed E-state index contributed by atoms with van der Waals surface area (Å²) in [5, 5.41) is 3.45. The Morgan fingerprint density at radius 1 is 1.42 bits per heavy atom. The van der Waals surface area contributed by atoms with E-state index in [-0.39, 0.29) is 0 Å². The van der Waals surface area contributed by atoms with Gasteiger partial charge in [0.1, 0.15) is 0 Å². The molecule has 2 nitrogen and oxygen atoms in total. The van der Waals surface area contributed by atoms with Crippen molar-refractivity contribution in [2.75, 3.05) is 19.6 Å². The van der Waals surface area contributed by atoms with Crippen molar-refractivity contribution in [1.29, 1.82) is 0 Å². The molecule has 106 valence electrons. The van der Waals surface area contributed by atoms with Gasteiger partial charge in [0.2, 0.25) is 0 Å². The molecule has 0 aromatic rings. The van der Waals surface area contributed by atoms with E-state index in [9.17, 15) is 0 Å². The molecular formula is C17H28N2. The van der Waals surface area contributed by atoms with Crippen LogP contribution in [0.4, 0.5) is 0 Å². The van der Waals surface area contributed by atoms with E-state index in [1.165, 1.54) is 23.3 Å². The van der Waals surface area contributed by atoms with Gasteiger partial charge < -0.3 is 10.2 Å². The van der Waals surface area contributed by atoms with Gasteiger partial charge in [0.05, 0.1) is 0 Å². The molecule has 1 heterocycles. The van der Waals surface area contributed by atoms with Crippen LogP contribution in [0, 0.1) is 0 Å². The van der Waals surface area contributed by atoms with Gasteiger partial charge in [0.15, 0.2) is 0 Å². The Bertz CT molecular complexity index is 371. The Morgan fingerprint density at radius 2 is 2.21 bits per heavy atom. The van der Waals surface area contributed by atoms with Gasteiger partial charge in [-0.25, -0.2) is 0 Å². The minimum atomic E-state index is 1.01. The summed E-state index contributed by atoms with van der Waals surface area (Å²) in [6.45, 7) is 13.4. The van der Waals surface area contributed by atoms with Crippen LogP contribution in [0.3, 0.4) is 0 Å². The van der Waals surface area contributed by atoms with Gasteiger partial charge >= 0.3 is 0 Å². The summed E-state index contributed by atoms with van der Waals surface area (Å²) < 4.78 is 0. The minimum absolute atomic E-state index is 1.01. The number of hydrogen-bond donors (Lipinski definition) is 1. The summed E-state index contributed by atoms with van der Waals surface area (Å²) in [6.07, 6.45) is 12.0. The van der Waals surface area contributed by atoms with Crippen LogP contribution in [0.2, 0.25) is 0 Å². The first-order chi connectivity index (χ1) is 9.15. The Hall–Kier alpha value is -1.28. The minimum Gasteiger partial charge on any atom is -0.348 e. The van der Waals surface area contributed by atoms with Crippen LogP contribution in [0.25, 0.3) is 0 Å². The third kappa shape index (κ3) is 5.93. The number of hydrogen-bond acceptors (Lipinski definition) is 2. The molecule has 0 aromatic heterocycles. The monoisotopic (exact) mass is 260 g/mol. The fraction of sp³-hybridized carbons (Fsp3) is 0.529. The standard InChI is InChI=1S/C17H28N2/c1-5-6-11-18-12-7-8-17(15(2)3)19-13-9-16(4)10-14-19/h5,9-10,13,18H,1,6-8,11-12,14H2,2-4H3. The van der Waals surface area contributed by atoms with Crippen LogP contribution in [-0.2, 0) is 0 Å². The highest BCUT2D eigenvalue weighted by molar-refractivity contribution is 5.24. The molecule has 0 bridgehead atoms. The molecule has 1 N–H and O–H groups in total. The average Bonchev–Trinajstić information content (AvgIpc) is 2.39. The van der Waals surface area contributed by atoms with Crippen molar-refractivity contribution in [3.05, 3.63) is 47.9 Å². The van der Waals surface area contributed by atoms with Gasteiger partial charge in [-0.3, -0.25) is 0 Å². The summed E-state index contributed by atoms with van der Waals surface area (Å²) >= 11 is 0. The second kappa shape index (κ2) is 8.76. The van der Waals surface area contributed by atoms with Crippen LogP contribution >= 0.6 is 0 Å².